The van der Waals surface area contributed by atoms with Crippen LogP contribution in [0, 0.1) is 0 Å². The van der Waals surface area contributed by atoms with Gasteiger partial charge in [0.05, 0.1) is 0 Å². The Bertz CT molecular complexity index is 779. The summed E-state index contributed by atoms with van der Waals surface area (Å²) in [6.45, 7) is 2.71. The van der Waals surface area contributed by atoms with E-state index in [1.54, 1.807) is 6.20 Å². The molecule has 1 atom stereocenters. The highest BCUT2D eigenvalue weighted by Crippen LogP contribution is 2.18. The molecular formula is C19H21N3O. The normalized spacial score (nSPS) is 12.2. The average Bonchev–Trinajstić information content (AvgIpc) is 2.99. The van der Waals surface area contributed by atoms with Gasteiger partial charge in [0.25, 0.3) is 0 Å². The van der Waals surface area contributed by atoms with Crippen LogP contribution < -0.4 is 5.32 Å². The van der Waals surface area contributed by atoms with Crippen LogP contribution >= 0.6 is 0 Å². The van der Waals surface area contributed by atoms with E-state index in [1.807, 2.05) is 36.7 Å². The van der Waals surface area contributed by atoms with Crippen molar-refractivity contribution in [1.82, 2.24) is 15.3 Å². The third-order valence-electron chi connectivity index (χ3n) is 4.14. The summed E-state index contributed by atoms with van der Waals surface area (Å²) in [6.07, 6.45) is 6.91. The summed E-state index contributed by atoms with van der Waals surface area (Å²) < 4.78 is 0. The van der Waals surface area contributed by atoms with Crippen molar-refractivity contribution in [3.05, 3.63) is 66.1 Å². The molecule has 4 heteroatoms. The summed E-state index contributed by atoms with van der Waals surface area (Å²) in [5.41, 5.74) is 3.47. The first-order chi connectivity index (χ1) is 11.2. The highest BCUT2D eigenvalue weighted by atomic mass is 16.1. The van der Waals surface area contributed by atoms with Crippen LogP contribution in [0.3, 0.4) is 0 Å². The number of carbonyl (C=O) groups is 1. The monoisotopic (exact) mass is 307 g/mol. The fourth-order valence-electron chi connectivity index (χ4n) is 2.81. The Hall–Kier alpha value is -2.62. The molecule has 0 aliphatic carbocycles. The van der Waals surface area contributed by atoms with Crippen LogP contribution in [0.1, 0.15) is 30.4 Å². The number of aromatic amines is 1. The van der Waals surface area contributed by atoms with E-state index >= 15 is 0 Å². The maximum Gasteiger partial charge on any atom is 0.220 e. The Balaban J connectivity index is 1.50. The molecule has 0 saturated carbocycles. The molecule has 4 nitrogen and oxygen atoms in total. The van der Waals surface area contributed by atoms with Crippen molar-refractivity contribution in [2.24, 2.45) is 0 Å². The zero-order valence-corrected chi connectivity index (χ0v) is 13.3. The van der Waals surface area contributed by atoms with E-state index in [0.717, 1.165) is 17.5 Å². The van der Waals surface area contributed by atoms with Gasteiger partial charge < -0.3 is 10.3 Å². The van der Waals surface area contributed by atoms with Gasteiger partial charge in [-0.05, 0) is 35.6 Å². The summed E-state index contributed by atoms with van der Waals surface area (Å²) >= 11 is 0. The summed E-state index contributed by atoms with van der Waals surface area (Å²) in [4.78, 5) is 19.4. The van der Waals surface area contributed by atoms with Gasteiger partial charge in [-0.3, -0.25) is 9.78 Å². The minimum atomic E-state index is 0.0844. The van der Waals surface area contributed by atoms with Gasteiger partial charge in [0, 0.05) is 42.5 Å². The van der Waals surface area contributed by atoms with E-state index < -0.39 is 0 Å². The summed E-state index contributed by atoms with van der Waals surface area (Å²) in [5.74, 6) is 0.262. The number of hydrogen-bond donors (Lipinski definition) is 2. The quantitative estimate of drug-likeness (QED) is 0.733. The summed E-state index contributed by atoms with van der Waals surface area (Å²) in [7, 11) is 0. The van der Waals surface area contributed by atoms with Crippen LogP contribution in [0.2, 0.25) is 0 Å². The van der Waals surface area contributed by atoms with E-state index in [2.05, 4.69) is 34.3 Å². The number of hydrogen-bond acceptors (Lipinski definition) is 2. The lowest BCUT2D eigenvalue weighted by Gasteiger charge is -2.11. The largest absolute Gasteiger partial charge is 0.361 e. The van der Waals surface area contributed by atoms with Crippen molar-refractivity contribution in [3.8, 4) is 0 Å². The molecule has 0 spiro atoms. The highest BCUT2D eigenvalue weighted by Gasteiger charge is 2.11. The van der Waals surface area contributed by atoms with Crippen LogP contribution in [-0.4, -0.2) is 22.4 Å². The van der Waals surface area contributed by atoms with Gasteiger partial charge >= 0.3 is 0 Å². The predicted octanol–water partition coefficient (Wildman–Crippen LogP) is 3.42. The molecule has 1 amide bonds. The van der Waals surface area contributed by atoms with Crippen molar-refractivity contribution in [1.29, 1.82) is 0 Å². The van der Waals surface area contributed by atoms with Crippen molar-refractivity contribution in [2.45, 2.75) is 25.7 Å². The Labute approximate surface area is 136 Å². The second kappa shape index (κ2) is 7.09. The third-order valence-corrected chi connectivity index (χ3v) is 4.14. The standard InChI is InChI=1S/C19H21N3O/c1-14(15-5-4-9-20-12-15)11-19(23)21-10-8-16-13-22-18-7-3-2-6-17(16)18/h2-7,9,12-14,22H,8,10-11H2,1H3,(H,21,23). The number of pyridine rings is 1. The van der Waals surface area contributed by atoms with Gasteiger partial charge in [-0.25, -0.2) is 0 Å². The van der Waals surface area contributed by atoms with Gasteiger partial charge in [0.1, 0.15) is 0 Å². The van der Waals surface area contributed by atoms with Crippen LogP contribution in [0.25, 0.3) is 10.9 Å². The Morgan fingerprint density at radius 1 is 1.26 bits per heavy atom. The number of aromatic nitrogens is 2. The lowest BCUT2D eigenvalue weighted by Crippen LogP contribution is -2.26. The topological polar surface area (TPSA) is 57.8 Å². The smallest absolute Gasteiger partial charge is 0.220 e. The fourth-order valence-corrected chi connectivity index (χ4v) is 2.81. The molecule has 1 unspecified atom stereocenters. The zero-order valence-electron chi connectivity index (χ0n) is 13.3. The van der Waals surface area contributed by atoms with E-state index in [9.17, 15) is 4.79 Å². The Morgan fingerprint density at radius 3 is 2.96 bits per heavy atom. The maximum atomic E-state index is 12.1. The van der Waals surface area contributed by atoms with Gasteiger partial charge in [0.15, 0.2) is 0 Å². The van der Waals surface area contributed by atoms with E-state index in [1.165, 1.54) is 10.9 Å². The van der Waals surface area contributed by atoms with E-state index in [0.29, 0.717) is 13.0 Å². The minimum Gasteiger partial charge on any atom is -0.361 e. The first-order valence-electron chi connectivity index (χ1n) is 7.95. The number of rotatable bonds is 6. The number of nitrogens with one attached hydrogen (secondary N) is 2. The van der Waals surface area contributed by atoms with Crippen molar-refractivity contribution < 1.29 is 4.79 Å². The van der Waals surface area contributed by atoms with Crippen LogP contribution in [0.4, 0.5) is 0 Å². The molecule has 23 heavy (non-hydrogen) atoms. The second-order valence-electron chi connectivity index (χ2n) is 5.85. The molecule has 1 aromatic carbocycles. The van der Waals surface area contributed by atoms with Gasteiger partial charge in [-0.1, -0.05) is 31.2 Å². The van der Waals surface area contributed by atoms with E-state index in [-0.39, 0.29) is 11.8 Å². The number of H-pyrrole nitrogens is 1. The van der Waals surface area contributed by atoms with Crippen molar-refractivity contribution in [3.63, 3.8) is 0 Å². The first kappa shape index (κ1) is 15.3. The first-order valence-corrected chi connectivity index (χ1v) is 7.95. The Kier molecular flexibility index (Phi) is 4.71. The van der Waals surface area contributed by atoms with Crippen molar-refractivity contribution in [2.75, 3.05) is 6.54 Å². The zero-order chi connectivity index (χ0) is 16.1. The molecule has 0 saturated heterocycles. The fraction of sp³-hybridized carbons (Fsp3) is 0.263. The molecule has 118 valence electrons. The summed E-state index contributed by atoms with van der Waals surface area (Å²) in [6, 6.07) is 12.1. The maximum absolute atomic E-state index is 12.1. The number of amides is 1. The number of carbonyl (C=O) groups excluding carboxylic acids is 1. The molecular weight excluding hydrogens is 286 g/mol. The molecule has 0 aliphatic heterocycles. The second-order valence-corrected chi connectivity index (χ2v) is 5.85. The number of para-hydroxylation sites is 1. The number of fused-ring (bicyclic) bond motifs is 1. The molecule has 3 rings (SSSR count). The molecule has 0 fully saturated rings. The molecule has 2 heterocycles. The SMILES string of the molecule is CC(CC(=O)NCCc1c[nH]c2ccccc12)c1cccnc1. The third kappa shape index (κ3) is 3.77. The van der Waals surface area contributed by atoms with Crippen molar-refractivity contribution >= 4 is 16.8 Å². The molecule has 2 aromatic heterocycles. The van der Waals surface area contributed by atoms with E-state index in [4.69, 9.17) is 0 Å². The summed E-state index contributed by atoms with van der Waals surface area (Å²) in [5, 5.41) is 4.24. The molecule has 0 bridgehead atoms. The lowest BCUT2D eigenvalue weighted by molar-refractivity contribution is -0.121. The Morgan fingerprint density at radius 2 is 2.13 bits per heavy atom. The predicted molar refractivity (Wildman–Crippen MR) is 92.3 cm³/mol. The number of benzene rings is 1. The lowest BCUT2D eigenvalue weighted by atomic mass is 9.99. The minimum absolute atomic E-state index is 0.0844. The average molecular weight is 307 g/mol. The highest BCUT2D eigenvalue weighted by molar-refractivity contribution is 5.83. The molecule has 2 N–H and O–H groups in total. The van der Waals surface area contributed by atoms with Gasteiger partial charge in [0.2, 0.25) is 5.91 Å². The van der Waals surface area contributed by atoms with Crippen LogP contribution in [-0.2, 0) is 11.2 Å². The van der Waals surface area contributed by atoms with Crippen LogP contribution in [0.5, 0.6) is 0 Å². The van der Waals surface area contributed by atoms with Crippen LogP contribution in [0.15, 0.2) is 55.0 Å². The molecule has 3 aromatic rings. The number of nitrogens with zero attached hydrogens (tertiary/aromatic N) is 1. The molecule has 0 aliphatic rings. The van der Waals surface area contributed by atoms with Gasteiger partial charge in [-0.15, -0.1) is 0 Å². The van der Waals surface area contributed by atoms with Gasteiger partial charge in [-0.2, -0.15) is 0 Å². The molecule has 0 radical (unpaired) electrons.